The van der Waals surface area contributed by atoms with Crippen LogP contribution in [0.2, 0.25) is 0 Å². The molecule has 68 valence electrons. The third kappa shape index (κ3) is 1.70. The van der Waals surface area contributed by atoms with Crippen molar-refractivity contribution in [3.8, 4) is 0 Å². The van der Waals surface area contributed by atoms with Gasteiger partial charge < -0.3 is 4.90 Å². The van der Waals surface area contributed by atoms with Crippen molar-refractivity contribution in [2.45, 2.75) is 11.4 Å². The summed E-state index contributed by atoms with van der Waals surface area (Å²) in [6.45, 7) is 0.738. The first-order valence-corrected chi connectivity index (χ1v) is 5.20. The van der Waals surface area contributed by atoms with Gasteiger partial charge in [-0.05, 0) is 11.6 Å². The van der Waals surface area contributed by atoms with Crippen LogP contribution < -0.4 is 0 Å². The number of fused-ring (bicyclic) bond motifs is 1. The highest BCUT2D eigenvalue weighted by Crippen LogP contribution is 2.26. The Morgan fingerprint density at radius 3 is 3.00 bits per heavy atom. The fraction of sp³-hybridized carbons (Fsp3) is 0.300. The highest BCUT2D eigenvalue weighted by molar-refractivity contribution is 8.00. The van der Waals surface area contributed by atoms with Crippen molar-refractivity contribution in [2.75, 3.05) is 12.8 Å². The van der Waals surface area contributed by atoms with E-state index in [4.69, 9.17) is 0 Å². The summed E-state index contributed by atoms with van der Waals surface area (Å²) in [6, 6.07) is 8.19. The zero-order chi connectivity index (χ0) is 9.26. The first kappa shape index (κ1) is 8.63. The Hall–Kier alpha value is -0.960. The van der Waals surface area contributed by atoms with Crippen LogP contribution in [0.4, 0.5) is 0 Å². The zero-order valence-electron chi connectivity index (χ0n) is 7.49. The Morgan fingerprint density at radius 1 is 1.38 bits per heavy atom. The van der Waals surface area contributed by atoms with E-state index in [0.29, 0.717) is 5.75 Å². The summed E-state index contributed by atoms with van der Waals surface area (Å²) in [5.74, 6) is 0.772. The van der Waals surface area contributed by atoms with Crippen molar-refractivity contribution in [2.24, 2.45) is 0 Å². The summed E-state index contributed by atoms with van der Waals surface area (Å²) >= 11 is 1.63. The molecular weight excluding hydrogens is 182 g/mol. The van der Waals surface area contributed by atoms with E-state index in [1.54, 1.807) is 16.7 Å². The lowest BCUT2D eigenvalue weighted by Crippen LogP contribution is -2.25. The van der Waals surface area contributed by atoms with Crippen molar-refractivity contribution in [3.63, 3.8) is 0 Å². The van der Waals surface area contributed by atoms with E-state index in [-0.39, 0.29) is 5.91 Å². The lowest BCUT2D eigenvalue weighted by molar-refractivity contribution is -0.127. The molecule has 2 nitrogen and oxygen atoms in total. The number of hydrogen-bond acceptors (Lipinski definition) is 2. The zero-order valence-corrected chi connectivity index (χ0v) is 8.30. The highest BCUT2D eigenvalue weighted by atomic mass is 32.2. The van der Waals surface area contributed by atoms with Crippen molar-refractivity contribution >= 4 is 17.7 Å². The number of benzene rings is 1. The predicted octanol–water partition coefficient (Wildman–Crippen LogP) is 1.75. The summed E-state index contributed by atoms with van der Waals surface area (Å²) in [5.41, 5.74) is 1.25. The van der Waals surface area contributed by atoms with Crippen LogP contribution in [0.5, 0.6) is 0 Å². The van der Waals surface area contributed by atoms with Gasteiger partial charge in [-0.2, -0.15) is 0 Å². The van der Waals surface area contributed by atoms with Gasteiger partial charge in [0.05, 0.1) is 5.75 Å². The average molecular weight is 193 g/mol. The molecule has 0 atom stereocenters. The lowest BCUT2D eigenvalue weighted by atomic mass is 10.2. The molecule has 0 saturated heterocycles. The van der Waals surface area contributed by atoms with E-state index in [2.05, 4.69) is 12.1 Å². The minimum atomic E-state index is 0.209. The molecule has 13 heavy (non-hydrogen) atoms. The molecule has 1 aliphatic rings. The molecule has 0 fully saturated rings. The first-order valence-electron chi connectivity index (χ1n) is 4.22. The summed E-state index contributed by atoms with van der Waals surface area (Å²) in [4.78, 5) is 14.4. The van der Waals surface area contributed by atoms with Gasteiger partial charge in [-0.25, -0.2) is 0 Å². The average Bonchev–Trinajstić information content (AvgIpc) is 2.28. The predicted molar refractivity (Wildman–Crippen MR) is 53.6 cm³/mol. The molecule has 0 saturated carbocycles. The van der Waals surface area contributed by atoms with Crippen molar-refractivity contribution in [1.82, 2.24) is 4.90 Å². The van der Waals surface area contributed by atoms with Crippen LogP contribution in [0, 0.1) is 0 Å². The summed E-state index contributed by atoms with van der Waals surface area (Å²) in [5, 5.41) is 0. The smallest absolute Gasteiger partial charge is 0.232 e. The van der Waals surface area contributed by atoms with Crippen LogP contribution in [0.1, 0.15) is 5.56 Å². The molecule has 0 bridgehead atoms. The number of carbonyl (C=O) groups excluding carboxylic acids is 1. The minimum Gasteiger partial charge on any atom is -0.341 e. The van der Waals surface area contributed by atoms with Gasteiger partial charge in [0.1, 0.15) is 0 Å². The maximum atomic E-state index is 11.4. The van der Waals surface area contributed by atoms with Crippen LogP contribution in [0.25, 0.3) is 0 Å². The van der Waals surface area contributed by atoms with E-state index in [1.165, 1.54) is 10.5 Å². The molecule has 0 aliphatic carbocycles. The molecule has 1 aromatic carbocycles. The minimum absolute atomic E-state index is 0.209. The molecule has 0 radical (unpaired) electrons. The second kappa shape index (κ2) is 3.42. The number of carbonyl (C=O) groups is 1. The summed E-state index contributed by atoms with van der Waals surface area (Å²) in [6.07, 6.45) is 0. The van der Waals surface area contributed by atoms with E-state index in [9.17, 15) is 4.79 Å². The number of rotatable bonds is 0. The van der Waals surface area contributed by atoms with Crippen LogP contribution in [-0.4, -0.2) is 23.6 Å². The van der Waals surface area contributed by atoms with Crippen LogP contribution in [-0.2, 0) is 11.3 Å². The Balaban J connectivity index is 2.35. The van der Waals surface area contributed by atoms with E-state index >= 15 is 0 Å². The molecule has 2 rings (SSSR count). The van der Waals surface area contributed by atoms with Gasteiger partial charge in [0.15, 0.2) is 0 Å². The fourth-order valence-electron chi connectivity index (χ4n) is 1.37. The van der Waals surface area contributed by atoms with E-state index < -0.39 is 0 Å². The fourth-order valence-corrected chi connectivity index (χ4v) is 2.36. The normalized spacial score (nSPS) is 16.7. The van der Waals surface area contributed by atoms with E-state index in [1.807, 2.05) is 19.2 Å². The van der Waals surface area contributed by atoms with Gasteiger partial charge in [0.2, 0.25) is 5.91 Å². The van der Waals surface area contributed by atoms with Crippen molar-refractivity contribution < 1.29 is 4.79 Å². The molecule has 3 heteroatoms. The van der Waals surface area contributed by atoms with Crippen molar-refractivity contribution in [1.29, 1.82) is 0 Å². The topological polar surface area (TPSA) is 20.3 Å². The third-order valence-electron chi connectivity index (χ3n) is 2.16. The maximum absolute atomic E-state index is 11.4. The number of nitrogens with zero attached hydrogens (tertiary/aromatic N) is 1. The monoisotopic (exact) mass is 193 g/mol. The largest absolute Gasteiger partial charge is 0.341 e. The Bertz CT molecular complexity index is 337. The van der Waals surface area contributed by atoms with E-state index in [0.717, 1.165) is 6.54 Å². The molecule has 0 aromatic heterocycles. The van der Waals surface area contributed by atoms with Gasteiger partial charge in [-0.15, -0.1) is 11.8 Å². The molecule has 0 unspecified atom stereocenters. The molecular formula is C10H11NOS. The van der Waals surface area contributed by atoms with Gasteiger partial charge in [-0.3, -0.25) is 4.79 Å². The lowest BCUT2D eigenvalue weighted by Gasteiger charge is -2.13. The Kier molecular flexibility index (Phi) is 2.27. The Labute approximate surface area is 81.9 Å². The summed E-state index contributed by atoms with van der Waals surface area (Å²) in [7, 11) is 1.85. The second-order valence-electron chi connectivity index (χ2n) is 3.15. The SMILES string of the molecule is CN1Cc2ccccc2SCC1=O. The van der Waals surface area contributed by atoms with Crippen LogP contribution in [0.15, 0.2) is 29.2 Å². The molecule has 0 N–H and O–H groups in total. The van der Waals surface area contributed by atoms with Gasteiger partial charge in [0.25, 0.3) is 0 Å². The molecule has 0 spiro atoms. The van der Waals surface area contributed by atoms with Crippen LogP contribution >= 0.6 is 11.8 Å². The molecule has 1 heterocycles. The first-order chi connectivity index (χ1) is 6.27. The molecule has 1 aromatic rings. The molecule has 1 amide bonds. The summed E-state index contributed by atoms with van der Waals surface area (Å²) < 4.78 is 0. The third-order valence-corrected chi connectivity index (χ3v) is 3.26. The van der Waals surface area contributed by atoms with Gasteiger partial charge in [0, 0.05) is 18.5 Å². The standard InChI is InChI=1S/C10H11NOS/c1-11-6-8-4-2-3-5-9(8)13-7-10(11)12/h2-5H,6-7H2,1H3. The number of amides is 1. The molecule has 1 aliphatic heterocycles. The number of hydrogen-bond donors (Lipinski definition) is 0. The van der Waals surface area contributed by atoms with Gasteiger partial charge in [-0.1, -0.05) is 18.2 Å². The van der Waals surface area contributed by atoms with Crippen molar-refractivity contribution in [3.05, 3.63) is 29.8 Å². The van der Waals surface area contributed by atoms with Crippen LogP contribution in [0.3, 0.4) is 0 Å². The second-order valence-corrected chi connectivity index (χ2v) is 4.16. The maximum Gasteiger partial charge on any atom is 0.232 e. The number of thioether (sulfide) groups is 1. The Morgan fingerprint density at radius 2 is 2.15 bits per heavy atom. The highest BCUT2D eigenvalue weighted by Gasteiger charge is 2.16. The quantitative estimate of drug-likeness (QED) is 0.625. The van der Waals surface area contributed by atoms with Gasteiger partial charge >= 0.3 is 0 Å².